The number of alkyl halides is 6. The number of anilines is 1. The van der Waals surface area contributed by atoms with Gasteiger partial charge in [-0.1, -0.05) is 42.5 Å². The van der Waals surface area contributed by atoms with E-state index in [-0.39, 0.29) is 19.0 Å². The quantitative estimate of drug-likeness (QED) is 0.463. The molecule has 3 aromatic rings. The molecule has 0 amide bonds. The average Bonchev–Trinajstić information content (AvgIpc) is 3.24. The van der Waals surface area contributed by atoms with Gasteiger partial charge < -0.3 is 14.4 Å². The number of aliphatic hydroxyl groups is 1. The summed E-state index contributed by atoms with van der Waals surface area (Å²) in [6, 6.07) is 12.1. The van der Waals surface area contributed by atoms with Crippen LogP contribution >= 0.6 is 0 Å². The predicted octanol–water partition coefficient (Wildman–Crippen LogP) is 5.84. The van der Waals surface area contributed by atoms with Crippen LogP contribution in [-0.4, -0.2) is 28.5 Å². The van der Waals surface area contributed by atoms with Gasteiger partial charge in [0.05, 0.1) is 6.54 Å². The van der Waals surface area contributed by atoms with Gasteiger partial charge in [-0.2, -0.15) is 26.3 Å². The fourth-order valence-corrected chi connectivity index (χ4v) is 4.29. The fraction of sp³-hybridized carbons (Fsp3) is 0.375. The number of oxazole rings is 1. The molecule has 0 bridgehead atoms. The molecule has 0 saturated carbocycles. The predicted molar refractivity (Wildman–Crippen MR) is 112 cm³/mol. The first kappa shape index (κ1) is 24.1. The summed E-state index contributed by atoms with van der Waals surface area (Å²) in [5.74, 6) is 1.10. The number of hydrogen-bond acceptors (Lipinski definition) is 4. The summed E-state index contributed by atoms with van der Waals surface area (Å²) in [7, 11) is 0. The number of rotatable bonds is 5. The molecule has 10 heteroatoms. The number of aryl methyl sites for hydroxylation is 1. The molecule has 2 heterocycles. The summed E-state index contributed by atoms with van der Waals surface area (Å²) < 4.78 is 85.5. The molecule has 34 heavy (non-hydrogen) atoms. The van der Waals surface area contributed by atoms with Gasteiger partial charge in [0.2, 0.25) is 0 Å². The summed E-state index contributed by atoms with van der Waals surface area (Å²) in [6.07, 6.45) is -11.1. The Morgan fingerprint density at radius 3 is 2.29 bits per heavy atom. The van der Waals surface area contributed by atoms with Crippen molar-refractivity contribution in [1.29, 1.82) is 0 Å². The summed E-state index contributed by atoms with van der Waals surface area (Å²) in [5, 5.41) is 9.73. The second-order valence-corrected chi connectivity index (χ2v) is 8.50. The van der Waals surface area contributed by atoms with Gasteiger partial charge in [-0.25, -0.2) is 4.98 Å². The van der Waals surface area contributed by atoms with Crippen molar-refractivity contribution in [2.75, 3.05) is 4.90 Å². The molecule has 1 aromatic heterocycles. The molecule has 4 rings (SSSR count). The van der Waals surface area contributed by atoms with Crippen molar-refractivity contribution in [1.82, 2.24) is 4.98 Å². The van der Waals surface area contributed by atoms with E-state index in [0.29, 0.717) is 41.1 Å². The molecule has 182 valence electrons. The van der Waals surface area contributed by atoms with Crippen molar-refractivity contribution in [3.8, 4) is 0 Å². The topological polar surface area (TPSA) is 49.5 Å². The average molecular weight is 484 g/mol. The Morgan fingerprint density at radius 1 is 1.03 bits per heavy atom. The Hall–Kier alpha value is -3.01. The first-order valence-corrected chi connectivity index (χ1v) is 10.6. The highest BCUT2D eigenvalue weighted by Crippen LogP contribution is 2.51. The van der Waals surface area contributed by atoms with Crippen LogP contribution in [0.1, 0.15) is 41.0 Å². The van der Waals surface area contributed by atoms with Crippen molar-refractivity contribution < 1.29 is 35.9 Å². The molecule has 2 aromatic carbocycles. The van der Waals surface area contributed by atoms with E-state index in [1.54, 1.807) is 6.92 Å². The van der Waals surface area contributed by atoms with Crippen molar-refractivity contribution >= 4 is 5.69 Å². The first-order chi connectivity index (χ1) is 15.8. The minimum atomic E-state index is -5.92. The summed E-state index contributed by atoms with van der Waals surface area (Å²) >= 11 is 0. The number of hydrogen-bond donors (Lipinski definition) is 1. The second kappa shape index (κ2) is 8.33. The van der Waals surface area contributed by atoms with Gasteiger partial charge in [0.15, 0.2) is 5.89 Å². The third-order valence-electron chi connectivity index (χ3n) is 6.13. The van der Waals surface area contributed by atoms with Crippen LogP contribution in [0, 0.1) is 6.92 Å². The molecular weight excluding hydrogens is 462 g/mol. The van der Waals surface area contributed by atoms with Crippen LogP contribution in [0.3, 0.4) is 0 Å². The van der Waals surface area contributed by atoms with Gasteiger partial charge >= 0.3 is 12.4 Å². The van der Waals surface area contributed by atoms with E-state index in [1.165, 1.54) is 6.07 Å². The summed E-state index contributed by atoms with van der Waals surface area (Å²) in [5.41, 5.74) is -3.75. The Morgan fingerprint density at radius 2 is 1.68 bits per heavy atom. The van der Waals surface area contributed by atoms with Gasteiger partial charge in [-0.15, -0.1) is 0 Å². The maximum atomic E-state index is 13.3. The van der Waals surface area contributed by atoms with Crippen LogP contribution in [0.5, 0.6) is 0 Å². The van der Waals surface area contributed by atoms with E-state index in [4.69, 9.17) is 4.42 Å². The lowest BCUT2D eigenvalue weighted by atomic mass is 9.90. The highest BCUT2D eigenvalue weighted by Gasteiger charge is 2.71. The zero-order chi connectivity index (χ0) is 24.9. The van der Waals surface area contributed by atoms with E-state index < -0.39 is 23.5 Å². The Kier molecular flexibility index (Phi) is 5.91. The molecule has 1 atom stereocenters. The van der Waals surface area contributed by atoms with E-state index in [0.717, 1.165) is 11.6 Å². The molecule has 0 spiro atoms. The molecular formula is C24H22F6N2O2. The first-order valence-electron chi connectivity index (χ1n) is 10.6. The molecule has 0 fully saturated rings. The van der Waals surface area contributed by atoms with Crippen molar-refractivity contribution in [3.05, 3.63) is 82.6 Å². The third kappa shape index (κ3) is 4.15. The largest absolute Gasteiger partial charge is 0.445 e. The maximum absolute atomic E-state index is 13.3. The van der Waals surface area contributed by atoms with E-state index >= 15 is 0 Å². The molecule has 0 saturated heterocycles. The van der Waals surface area contributed by atoms with Gasteiger partial charge in [0, 0.05) is 23.7 Å². The lowest BCUT2D eigenvalue weighted by Crippen LogP contribution is -2.53. The van der Waals surface area contributed by atoms with Crippen LogP contribution in [0.2, 0.25) is 0 Å². The molecule has 4 nitrogen and oxygen atoms in total. The smallest absolute Gasteiger partial charge is 0.430 e. The van der Waals surface area contributed by atoms with E-state index in [2.05, 4.69) is 4.98 Å². The zero-order valence-corrected chi connectivity index (χ0v) is 18.3. The molecule has 1 aliphatic rings. The number of aromatic nitrogens is 1. The van der Waals surface area contributed by atoms with Gasteiger partial charge in [0.25, 0.3) is 5.60 Å². The van der Waals surface area contributed by atoms with Crippen LogP contribution in [0.4, 0.5) is 32.0 Å². The van der Waals surface area contributed by atoms with Crippen LogP contribution in [0.15, 0.2) is 52.9 Å². The van der Waals surface area contributed by atoms with Gasteiger partial charge in [-0.3, -0.25) is 0 Å². The monoisotopic (exact) mass is 484 g/mol. The van der Waals surface area contributed by atoms with Crippen LogP contribution < -0.4 is 4.90 Å². The number of nitrogens with zero attached hydrogens (tertiary/aromatic N) is 2. The summed E-state index contributed by atoms with van der Waals surface area (Å²) in [4.78, 5) is 6.41. The molecule has 0 radical (unpaired) electrons. The number of benzene rings is 2. The fourth-order valence-electron chi connectivity index (χ4n) is 4.29. The highest BCUT2D eigenvalue weighted by molar-refractivity contribution is 5.61. The Balaban J connectivity index is 1.61. The van der Waals surface area contributed by atoms with Gasteiger partial charge in [-0.05, 0) is 37.5 Å². The van der Waals surface area contributed by atoms with Crippen molar-refractivity contribution in [2.45, 2.75) is 57.2 Å². The minimum Gasteiger partial charge on any atom is -0.445 e. The van der Waals surface area contributed by atoms with E-state index in [1.807, 2.05) is 42.2 Å². The highest BCUT2D eigenvalue weighted by atomic mass is 19.4. The molecule has 1 unspecified atom stereocenters. The Labute approximate surface area is 191 Å². The maximum Gasteiger partial charge on any atom is 0.430 e. The Bertz CT molecular complexity index is 1160. The van der Waals surface area contributed by atoms with Crippen molar-refractivity contribution in [3.63, 3.8) is 0 Å². The summed E-state index contributed by atoms with van der Waals surface area (Å²) in [6.45, 7) is 3.86. The molecule has 1 N–H and O–H groups in total. The second-order valence-electron chi connectivity index (χ2n) is 8.50. The zero-order valence-electron chi connectivity index (χ0n) is 18.3. The third-order valence-corrected chi connectivity index (χ3v) is 6.13. The van der Waals surface area contributed by atoms with Crippen molar-refractivity contribution in [2.24, 2.45) is 0 Å². The standard InChI is InChI=1S/C24H22F6N2O2/c1-14-10-17-12-18(22(33,23(25,26)27)24(28,29)30)8-9-20(17)32(14)13-19-15(2)34-21(31-19)11-16-6-4-3-5-7-16/h3-9,12,14,33H,10-11,13H2,1-2H3. The van der Waals surface area contributed by atoms with Crippen LogP contribution in [-0.2, 0) is 25.0 Å². The lowest BCUT2D eigenvalue weighted by molar-refractivity contribution is -0.376. The number of halogens is 6. The van der Waals surface area contributed by atoms with Crippen LogP contribution in [0.25, 0.3) is 0 Å². The normalized spacial score (nSPS) is 16.7. The molecule has 0 aliphatic carbocycles. The SMILES string of the molecule is Cc1oc(Cc2ccccc2)nc1CN1c2ccc(C(O)(C(F)(F)F)C(F)(F)F)cc2CC1C. The molecule has 1 aliphatic heterocycles. The lowest BCUT2D eigenvalue weighted by Gasteiger charge is -2.33. The minimum absolute atomic E-state index is 0.205. The van der Waals surface area contributed by atoms with E-state index in [9.17, 15) is 31.4 Å². The van der Waals surface area contributed by atoms with Gasteiger partial charge in [0.1, 0.15) is 11.5 Å². The number of fused-ring (bicyclic) bond motifs is 1.